The fraction of sp³-hybridized carbons (Fsp3) is 0.316. The summed E-state index contributed by atoms with van der Waals surface area (Å²) < 4.78 is 24.3. The zero-order valence-electron chi connectivity index (χ0n) is 14.1. The number of benzene rings is 2. The summed E-state index contributed by atoms with van der Waals surface area (Å²) in [5.74, 6) is 0.708. The number of carbonyl (C=O) groups excluding carboxylic acids is 1. The summed E-state index contributed by atoms with van der Waals surface area (Å²) in [6.45, 7) is 4.97. The fourth-order valence-corrected chi connectivity index (χ4v) is 2.82. The number of hydrogen-bond donors (Lipinski definition) is 1. The molecule has 0 fully saturated rings. The summed E-state index contributed by atoms with van der Waals surface area (Å²) in [7, 11) is 0. The van der Waals surface area contributed by atoms with Gasteiger partial charge in [-0.1, -0.05) is 23.7 Å². The van der Waals surface area contributed by atoms with Gasteiger partial charge in [0.05, 0.1) is 10.4 Å². The number of nitrogens with one attached hydrogen (secondary N) is 1. The quantitative estimate of drug-likeness (QED) is 0.897. The number of hydrogen-bond acceptors (Lipinski definition) is 3. The first-order valence-electron chi connectivity index (χ1n) is 8.00. The van der Waals surface area contributed by atoms with Gasteiger partial charge in [0, 0.05) is 6.54 Å². The van der Waals surface area contributed by atoms with E-state index >= 15 is 0 Å². The molecule has 0 spiro atoms. The second kappa shape index (κ2) is 6.92. The van der Waals surface area contributed by atoms with E-state index in [1.165, 1.54) is 12.1 Å². The molecule has 2 aromatic rings. The van der Waals surface area contributed by atoms with Gasteiger partial charge in [-0.15, -0.1) is 0 Å². The molecular weight excluding hydrogens is 345 g/mol. The third-order valence-electron chi connectivity index (χ3n) is 4.27. The van der Waals surface area contributed by atoms with Gasteiger partial charge in [-0.2, -0.15) is 0 Å². The Morgan fingerprint density at radius 1 is 1.16 bits per heavy atom. The highest BCUT2D eigenvalue weighted by molar-refractivity contribution is 6.30. The molecule has 0 radical (unpaired) electrons. The van der Waals surface area contributed by atoms with Gasteiger partial charge in [-0.05, 0) is 49.2 Å². The van der Waals surface area contributed by atoms with E-state index in [2.05, 4.69) is 5.32 Å². The van der Waals surface area contributed by atoms with Crippen LogP contribution in [0.5, 0.6) is 11.5 Å². The third kappa shape index (κ3) is 3.71. The lowest BCUT2D eigenvalue weighted by atomic mass is 9.83. The average Bonchev–Trinajstić information content (AvgIpc) is 2.62. The van der Waals surface area contributed by atoms with Gasteiger partial charge < -0.3 is 14.8 Å². The molecule has 3 rings (SSSR count). The van der Waals surface area contributed by atoms with E-state index in [-0.39, 0.29) is 17.5 Å². The Kier molecular flexibility index (Phi) is 4.86. The molecule has 0 aliphatic carbocycles. The molecule has 2 aromatic carbocycles. The monoisotopic (exact) mass is 363 g/mol. The van der Waals surface area contributed by atoms with Crippen LogP contribution in [0.1, 0.15) is 25.0 Å². The van der Waals surface area contributed by atoms with Crippen LogP contribution in [0.15, 0.2) is 36.4 Å². The fourth-order valence-electron chi connectivity index (χ4n) is 2.62. The minimum absolute atomic E-state index is 0.0397. The van der Waals surface area contributed by atoms with Crippen LogP contribution in [-0.4, -0.2) is 19.1 Å². The van der Waals surface area contributed by atoms with Gasteiger partial charge in [0.15, 0.2) is 11.5 Å². The Bertz CT molecular complexity index is 807. The van der Waals surface area contributed by atoms with Crippen LogP contribution >= 0.6 is 11.6 Å². The Morgan fingerprint density at radius 2 is 1.88 bits per heavy atom. The average molecular weight is 364 g/mol. The number of ether oxygens (including phenoxy) is 2. The summed E-state index contributed by atoms with van der Waals surface area (Å²) in [6, 6.07) is 9.91. The molecule has 6 heteroatoms. The van der Waals surface area contributed by atoms with Crippen molar-refractivity contribution in [1.82, 2.24) is 5.32 Å². The number of halogens is 2. The van der Waals surface area contributed by atoms with E-state index in [0.717, 1.165) is 11.1 Å². The Morgan fingerprint density at radius 3 is 2.60 bits per heavy atom. The first-order chi connectivity index (χ1) is 11.9. The number of fused-ring (bicyclic) bond motifs is 1. The zero-order valence-corrected chi connectivity index (χ0v) is 14.8. The maximum atomic E-state index is 13.2. The molecule has 25 heavy (non-hydrogen) atoms. The molecule has 1 aliphatic rings. The predicted octanol–water partition coefficient (Wildman–Crippen LogP) is 3.84. The van der Waals surface area contributed by atoms with Crippen molar-refractivity contribution < 1.29 is 18.7 Å². The summed E-state index contributed by atoms with van der Waals surface area (Å²) in [5, 5.41) is 2.91. The lowest BCUT2D eigenvalue weighted by Gasteiger charge is -2.26. The summed E-state index contributed by atoms with van der Waals surface area (Å²) in [5.41, 5.74) is 0.795. The third-order valence-corrected chi connectivity index (χ3v) is 4.56. The molecule has 0 saturated carbocycles. The smallest absolute Gasteiger partial charge is 0.230 e. The first-order valence-corrected chi connectivity index (χ1v) is 8.38. The van der Waals surface area contributed by atoms with E-state index in [0.29, 0.717) is 24.7 Å². The molecule has 1 heterocycles. The van der Waals surface area contributed by atoms with E-state index in [1.54, 1.807) is 6.07 Å². The molecule has 0 unspecified atom stereocenters. The molecule has 1 aliphatic heterocycles. The van der Waals surface area contributed by atoms with Gasteiger partial charge >= 0.3 is 0 Å². The van der Waals surface area contributed by atoms with Gasteiger partial charge in [0.2, 0.25) is 5.91 Å². The molecule has 1 N–H and O–H groups in total. The maximum Gasteiger partial charge on any atom is 0.230 e. The lowest BCUT2D eigenvalue weighted by Crippen LogP contribution is -2.39. The highest BCUT2D eigenvalue weighted by atomic mass is 35.5. The number of amides is 1. The van der Waals surface area contributed by atoms with Crippen molar-refractivity contribution in [3.63, 3.8) is 0 Å². The molecule has 132 valence electrons. The van der Waals surface area contributed by atoms with Gasteiger partial charge in [0.25, 0.3) is 0 Å². The Hall–Kier alpha value is -2.27. The molecular formula is C19H19ClFNO3. The number of carbonyl (C=O) groups is 1. The molecule has 1 amide bonds. The van der Waals surface area contributed by atoms with Crippen LogP contribution in [0, 0.1) is 5.82 Å². The predicted molar refractivity (Wildman–Crippen MR) is 93.7 cm³/mol. The zero-order chi connectivity index (χ0) is 18.0. The van der Waals surface area contributed by atoms with Crippen molar-refractivity contribution in [3.8, 4) is 11.5 Å². The van der Waals surface area contributed by atoms with Crippen molar-refractivity contribution in [2.75, 3.05) is 13.2 Å². The second-order valence-electron chi connectivity index (χ2n) is 6.41. The topological polar surface area (TPSA) is 47.6 Å². The SMILES string of the molecule is CC(C)(C(=O)NCc1ccc(F)c(Cl)c1)c1ccc2c(c1)OCCO2. The number of rotatable bonds is 4. The standard InChI is InChI=1S/C19H19ClFNO3/c1-19(2,13-4-6-16-17(10-13)25-8-7-24-16)18(23)22-11-12-3-5-15(21)14(20)9-12/h3-6,9-10H,7-8,11H2,1-2H3,(H,22,23). The van der Waals surface area contributed by atoms with Crippen molar-refractivity contribution in [3.05, 3.63) is 58.4 Å². The van der Waals surface area contributed by atoms with Crippen molar-refractivity contribution in [2.45, 2.75) is 25.8 Å². The lowest BCUT2D eigenvalue weighted by molar-refractivity contribution is -0.125. The maximum absolute atomic E-state index is 13.2. The molecule has 4 nitrogen and oxygen atoms in total. The van der Waals surface area contributed by atoms with Crippen LogP contribution in [0.25, 0.3) is 0 Å². The van der Waals surface area contributed by atoms with E-state index in [4.69, 9.17) is 21.1 Å². The largest absolute Gasteiger partial charge is 0.486 e. The van der Waals surface area contributed by atoms with Crippen molar-refractivity contribution in [1.29, 1.82) is 0 Å². The van der Waals surface area contributed by atoms with E-state index in [1.807, 2.05) is 32.0 Å². The van der Waals surface area contributed by atoms with E-state index < -0.39 is 11.2 Å². The normalized spacial score (nSPS) is 13.4. The Labute approximate surface area is 150 Å². The van der Waals surface area contributed by atoms with Crippen LogP contribution in [0.2, 0.25) is 5.02 Å². The minimum atomic E-state index is -0.764. The van der Waals surface area contributed by atoms with E-state index in [9.17, 15) is 9.18 Å². The van der Waals surface area contributed by atoms with Crippen LogP contribution in [-0.2, 0) is 16.8 Å². The Balaban J connectivity index is 1.72. The van der Waals surface area contributed by atoms with Crippen LogP contribution in [0.3, 0.4) is 0 Å². The molecule has 0 bridgehead atoms. The minimum Gasteiger partial charge on any atom is -0.486 e. The molecule has 0 atom stereocenters. The summed E-state index contributed by atoms with van der Waals surface area (Å²) in [4.78, 5) is 12.7. The highest BCUT2D eigenvalue weighted by Crippen LogP contribution is 2.35. The second-order valence-corrected chi connectivity index (χ2v) is 6.82. The summed E-state index contributed by atoms with van der Waals surface area (Å²) in [6.07, 6.45) is 0. The van der Waals surface area contributed by atoms with Gasteiger partial charge in [0.1, 0.15) is 19.0 Å². The van der Waals surface area contributed by atoms with Crippen molar-refractivity contribution in [2.24, 2.45) is 0 Å². The van der Waals surface area contributed by atoms with Gasteiger partial charge in [-0.25, -0.2) is 4.39 Å². The molecule has 0 aromatic heterocycles. The van der Waals surface area contributed by atoms with Crippen LogP contribution < -0.4 is 14.8 Å². The first kappa shape index (κ1) is 17.5. The van der Waals surface area contributed by atoms with Crippen molar-refractivity contribution >= 4 is 17.5 Å². The van der Waals surface area contributed by atoms with Gasteiger partial charge in [-0.3, -0.25) is 4.79 Å². The molecule has 0 saturated heterocycles. The van der Waals surface area contributed by atoms with Crippen LogP contribution in [0.4, 0.5) is 4.39 Å². The summed E-state index contributed by atoms with van der Waals surface area (Å²) >= 11 is 5.77. The highest BCUT2D eigenvalue weighted by Gasteiger charge is 2.31.